The smallest absolute Gasteiger partial charge is 0.256 e. The van der Waals surface area contributed by atoms with Gasteiger partial charge in [0.2, 0.25) is 0 Å². The number of nitrogen functional groups attached to an aromatic ring is 1. The highest BCUT2D eigenvalue weighted by Gasteiger charge is 2.15. The zero-order chi connectivity index (χ0) is 27.4. The molecule has 0 bridgehead atoms. The summed E-state index contributed by atoms with van der Waals surface area (Å²) in [5.41, 5.74) is 17.4. The number of anilines is 1. The van der Waals surface area contributed by atoms with Gasteiger partial charge >= 0.3 is 0 Å². The molecule has 39 heavy (non-hydrogen) atoms. The average Bonchev–Trinajstić information content (AvgIpc) is 3.53. The number of carbonyl (C=O) groups is 1. The Morgan fingerprint density at radius 1 is 1.05 bits per heavy atom. The number of aromatic nitrogens is 6. The molecule has 0 spiro atoms. The Morgan fingerprint density at radius 2 is 1.87 bits per heavy atom. The van der Waals surface area contributed by atoms with Gasteiger partial charge in [0, 0.05) is 36.6 Å². The van der Waals surface area contributed by atoms with Crippen molar-refractivity contribution in [2.24, 2.45) is 12.8 Å². The summed E-state index contributed by atoms with van der Waals surface area (Å²) in [7, 11) is 1.89. The first kappa shape index (κ1) is 25.2. The van der Waals surface area contributed by atoms with Crippen LogP contribution in [0.15, 0.2) is 85.5 Å². The van der Waals surface area contributed by atoms with Crippen LogP contribution in [-0.2, 0) is 13.5 Å². The second kappa shape index (κ2) is 10.9. The Hall–Kier alpha value is -5.49. The molecule has 1 amide bonds. The first-order chi connectivity index (χ1) is 18.9. The highest BCUT2D eigenvalue weighted by atomic mass is 16.1. The summed E-state index contributed by atoms with van der Waals surface area (Å²) in [5.74, 6) is 5.94. The third kappa shape index (κ3) is 5.31. The summed E-state index contributed by atoms with van der Waals surface area (Å²) in [6.07, 6.45) is 7.82. The van der Waals surface area contributed by atoms with E-state index in [0.717, 1.165) is 39.7 Å². The van der Waals surface area contributed by atoms with Crippen molar-refractivity contribution in [1.82, 2.24) is 29.4 Å². The molecule has 0 aliphatic heterocycles. The summed E-state index contributed by atoms with van der Waals surface area (Å²) in [5, 5.41) is 9.16. The molecule has 0 atom stereocenters. The first-order valence-corrected chi connectivity index (χ1v) is 12.3. The van der Waals surface area contributed by atoms with Crippen molar-refractivity contribution in [3.8, 4) is 23.1 Å². The van der Waals surface area contributed by atoms with Crippen molar-refractivity contribution >= 4 is 28.3 Å². The van der Waals surface area contributed by atoms with E-state index < -0.39 is 5.91 Å². The lowest BCUT2D eigenvalue weighted by atomic mass is 10.00. The number of hydrogen-bond acceptors (Lipinski definition) is 6. The van der Waals surface area contributed by atoms with Gasteiger partial charge in [-0.3, -0.25) is 9.48 Å². The van der Waals surface area contributed by atoms with E-state index in [2.05, 4.69) is 70.3 Å². The van der Waals surface area contributed by atoms with Gasteiger partial charge in [0.25, 0.3) is 5.91 Å². The molecule has 4 aromatic heterocycles. The van der Waals surface area contributed by atoms with Gasteiger partial charge < -0.3 is 11.5 Å². The van der Waals surface area contributed by atoms with E-state index in [4.69, 9.17) is 16.5 Å². The molecule has 0 radical (unpaired) electrons. The fourth-order valence-corrected chi connectivity index (χ4v) is 4.22. The fraction of sp³-hybridized carbons (Fsp3) is 0.100. The number of benzene rings is 2. The van der Waals surface area contributed by atoms with Gasteiger partial charge in [0.05, 0.1) is 28.5 Å². The highest BCUT2D eigenvalue weighted by molar-refractivity contribution is 6.03. The normalized spacial score (nSPS) is 10.5. The minimum absolute atomic E-state index is 0.103. The van der Waals surface area contributed by atoms with E-state index in [9.17, 15) is 4.79 Å². The van der Waals surface area contributed by atoms with Gasteiger partial charge in [-0.05, 0) is 30.2 Å². The number of nitrogens with zero attached hydrogens (tertiary/aromatic N) is 6. The molecule has 6 rings (SSSR count). The number of primary amides is 1. The van der Waals surface area contributed by atoms with Crippen LogP contribution in [-0.4, -0.2) is 35.3 Å². The third-order valence-electron chi connectivity index (χ3n) is 6.07. The molecule has 9 nitrogen and oxygen atoms in total. The molecule has 6 aromatic rings. The van der Waals surface area contributed by atoms with Crippen molar-refractivity contribution in [2.75, 3.05) is 5.73 Å². The number of pyridine rings is 1. The standard InChI is InChI=1S/C23H19N3.C7H7N5O/c1-3-18-14-21-11-7-10-20(13-12-17-15-24-26(2)16-17)23(21)25-22(18)19-8-5-4-6-9-19;8-5-4(6(9)13)7-10-2-1-3-12(7)11-5/h4-11,14-16H,3H2,1-2H3;1-3H,(H2,8,11)(H2,9,13). The molecule has 0 saturated carbocycles. The molecule has 4 heterocycles. The number of fused-ring (bicyclic) bond motifs is 2. The van der Waals surface area contributed by atoms with Gasteiger partial charge in [-0.15, -0.1) is 5.10 Å². The van der Waals surface area contributed by atoms with Crippen LogP contribution in [0.3, 0.4) is 0 Å². The lowest BCUT2D eigenvalue weighted by molar-refractivity contribution is 0.100. The van der Waals surface area contributed by atoms with E-state index in [1.165, 1.54) is 10.1 Å². The number of hydrogen-bond donors (Lipinski definition) is 2. The van der Waals surface area contributed by atoms with Crippen molar-refractivity contribution in [3.05, 3.63) is 108 Å². The van der Waals surface area contributed by atoms with E-state index >= 15 is 0 Å². The summed E-state index contributed by atoms with van der Waals surface area (Å²) in [6, 6.07) is 20.4. The van der Waals surface area contributed by atoms with Crippen molar-refractivity contribution in [3.63, 3.8) is 0 Å². The molecule has 9 heteroatoms. The Bertz CT molecular complexity index is 1860. The molecule has 192 valence electrons. The number of amides is 1. The maximum Gasteiger partial charge on any atom is 0.256 e. The van der Waals surface area contributed by atoms with Crippen LogP contribution in [0.1, 0.15) is 34.0 Å². The van der Waals surface area contributed by atoms with Crippen LogP contribution in [0.4, 0.5) is 5.82 Å². The maximum absolute atomic E-state index is 10.9. The Balaban J connectivity index is 0.000000198. The second-order valence-electron chi connectivity index (χ2n) is 8.76. The van der Waals surface area contributed by atoms with E-state index in [-0.39, 0.29) is 11.4 Å². The van der Waals surface area contributed by atoms with Crippen LogP contribution in [0.5, 0.6) is 0 Å². The average molecular weight is 515 g/mol. The van der Waals surface area contributed by atoms with Crippen LogP contribution in [0, 0.1) is 11.8 Å². The number of rotatable bonds is 3. The topological polar surface area (TPSA) is 130 Å². The SMILES string of the molecule is CCc1cc2cccc(C#Cc3cnn(C)c3)c2nc1-c1ccccc1.NC(=O)c1c(N)nn2cccnc12. The molecular formula is C30H26N8O. The molecule has 0 saturated heterocycles. The number of carbonyl (C=O) groups excluding carboxylic acids is 1. The third-order valence-corrected chi connectivity index (χ3v) is 6.07. The molecule has 4 N–H and O–H groups in total. The minimum atomic E-state index is -0.619. The fourth-order valence-electron chi connectivity index (χ4n) is 4.22. The first-order valence-electron chi connectivity index (χ1n) is 12.3. The predicted molar refractivity (Wildman–Crippen MR) is 152 cm³/mol. The predicted octanol–water partition coefficient (Wildman–Crippen LogP) is 4.01. The number of aryl methyl sites for hydroxylation is 2. The summed E-state index contributed by atoms with van der Waals surface area (Å²) in [6.45, 7) is 2.17. The molecule has 0 unspecified atom stereocenters. The summed E-state index contributed by atoms with van der Waals surface area (Å²) in [4.78, 5) is 19.9. The summed E-state index contributed by atoms with van der Waals surface area (Å²) >= 11 is 0. The Labute approximate surface area is 225 Å². The van der Waals surface area contributed by atoms with Crippen molar-refractivity contribution in [1.29, 1.82) is 0 Å². The lowest BCUT2D eigenvalue weighted by Gasteiger charge is -2.10. The number of nitrogens with two attached hydrogens (primary N) is 2. The molecule has 0 aliphatic rings. The monoisotopic (exact) mass is 514 g/mol. The quantitative estimate of drug-likeness (QED) is 0.343. The van der Waals surface area contributed by atoms with E-state index in [1.54, 1.807) is 29.3 Å². The molecule has 0 fully saturated rings. The van der Waals surface area contributed by atoms with E-state index in [1.807, 2.05) is 31.4 Å². The van der Waals surface area contributed by atoms with Crippen LogP contribution in [0.2, 0.25) is 0 Å². The van der Waals surface area contributed by atoms with Crippen molar-refractivity contribution in [2.45, 2.75) is 13.3 Å². The summed E-state index contributed by atoms with van der Waals surface area (Å²) < 4.78 is 3.17. The van der Waals surface area contributed by atoms with Gasteiger partial charge in [0.1, 0.15) is 5.56 Å². The van der Waals surface area contributed by atoms with Crippen molar-refractivity contribution < 1.29 is 4.79 Å². The van der Waals surface area contributed by atoms with Crippen LogP contribution >= 0.6 is 0 Å². The van der Waals surface area contributed by atoms with Gasteiger partial charge in [-0.1, -0.05) is 61.2 Å². The van der Waals surface area contributed by atoms with Gasteiger partial charge in [-0.25, -0.2) is 14.5 Å². The molecule has 2 aromatic carbocycles. The zero-order valence-corrected chi connectivity index (χ0v) is 21.5. The second-order valence-corrected chi connectivity index (χ2v) is 8.76. The number of para-hydroxylation sites is 1. The lowest BCUT2D eigenvalue weighted by Crippen LogP contribution is -2.12. The van der Waals surface area contributed by atoms with E-state index in [0.29, 0.717) is 5.65 Å². The van der Waals surface area contributed by atoms with Gasteiger partial charge in [-0.2, -0.15) is 5.10 Å². The minimum Gasteiger partial charge on any atom is -0.381 e. The zero-order valence-electron chi connectivity index (χ0n) is 21.5. The largest absolute Gasteiger partial charge is 0.381 e. The van der Waals surface area contributed by atoms with Crippen LogP contribution in [0.25, 0.3) is 27.8 Å². The molecular weight excluding hydrogens is 488 g/mol. The van der Waals surface area contributed by atoms with Gasteiger partial charge in [0.15, 0.2) is 11.5 Å². The van der Waals surface area contributed by atoms with Crippen LogP contribution < -0.4 is 11.5 Å². The molecule has 0 aliphatic carbocycles. The maximum atomic E-state index is 10.9. The Morgan fingerprint density at radius 3 is 2.59 bits per heavy atom. The highest BCUT2D eigenvalue weighted by Crippen LogP contribution is 2.27. The Kier molecular flexibility index (Phi) is 7.01.